The van der Waals surface area contributed by atoms with Gasteiger partial charge in [-0.2, -0.15) is 0 Å². The molecule has 0 fully saturated rings. The Bertz CT molecular complexity index is 971. The van der Waals surface area contributed by atoms with E-state index in [1.54, 1.807) is 25.1 Å². The molecule has 136 valence electrons. The second kappa shape index (κ2) is 8.14. The van der Waals surface area contributed by atoms with Crippen molar-refractivity contribution in [2.45, 2.75) is 6.92 Å². The normalized spacial score (nSPS) is 10.3. The molecule has 0 aromatic heterocycles. The first-order valence-electron chi connectivity index (χ1n) is 8.37. The third-order valence-electron chi connectivity index (χ3n) is 4.02. The Labute approximate surface area is 156 Å². The number of ether oxygens (including phenoxy) is 1. The zero-order valence-corrected chi connectivity index (χ0v) is 14.7. The number of carbonyl (C=O) groups excluding carboxylic acids is 1. The zero-order chi connectivity index (χ0) is 19.2. The van der Waals surface area contributed by atoms with Gasteiger partial charge in [0.05, 0.1) is 4.92 Å². The molecule has 1 amide bonds. The molecule has 6 nitrogen and oxygen atoms in total. The van der Waals surface area contributed by atoms with Crippen LogP contribution in [0.1, 0.15) is 5.56 Å². The molecule has 3 rings (SSSR count). The highest BCUT2D eigenvalue weighted by Crippen LogP contribution is 2.29. The molecule has 6 heteroatoms. The predicted molar refractivity (Wildman–Crippen MR) is 104 cm³/mol. The third kappa shape index (κ3) is 4.49. The van der Waals surface area contributed by atoms with Crippen LogP contribution in [-0.2, 0) is 4.79 Å². The first-order valence-corrected chi connectivity index (χ1v) is 8.37. The van der Waals surface area contributed by atoms with E-state index < -0.39 is 10.8 Å². The van der Waals surface area contributed by atoms with Crippen molar-refractivity contribution in [2.75, 3.05) is 11.9 Å². The molecule has 0 radical (unpaired) electrons. The summed E-state index contributed by atoms with van der Waals surface area (Å²) in [6.45, 7) is 1.44. The fourth-order valence-corrected chi connectivity index (χ4v) is 2.67. The molecule has 0 saturated carbocycles. The number of nitro benzene ring substituents is 1. The van der Waals surface area contributed by atoms with Crippen LogP contribution in [0.3, 0.4) is 0 Å². The van der Waals surface area contributed by atoms with E-state index in [0.29, 0.717) is 17.0 Å². The molecule has 3 aromatic carbocycles. The third-order valence-corrected chi connectivity index (χ3v) is 4.02. The van der Waals surface area contributed by atoms with Gasteiger partial charge >= 0.3 is 0 Å². The van der Waals surface area contributed by atoms with Crippen LogP contribution in [0.2, 0.25) is 0 Å². The van der Waals surface area contributed by atoms with Crippen LogP contribution < -0.4 is 10.1 Å². The van der Waals surface area contributed by atoms with Gasteiger partial charge in [-0.1, -0.05) is 54.6 Å². The van der Waals surface area contributed by atoms with E-state index in [1.165, 1.54) is 6.07 Å². The number of nitro groups is 1. The minimum atomic E-state index is -0.475. The molecule has 0 unspecified atom stereocenters. The largest absolute Gasteiger partial charge is 0.483 e. The van der Waals surface area contributed by atoms with E-state index in [4.69, 9.17) is 4.74 Å². The van der Waals surface area contributed by atoms with Crippen molar-refractivity contribution in [1.29, 1.82) is 0 Å². The Balaban J connectivity index is 1.69. The summed E-state index contributed by atoms with van der Waals surface area (Å²) in [5.41, 5.74) is 2.73. The summed E-state index contributed by atoms with van der Waals surface area (Å²) >= 11 is 0. The summed E-state index contributed by atoms with van der Waals surface area (Å²) in [4.78, 5) is 22.7. The highest BCUT2D eigenvalue weighted by Gasteiger charge is 2.13. The quantitative estimate of drug-likeness (QED) is 0.514. The molecular weight excluding hydrogens is 344 g/mol. The highest BCUT2D eigenvalue weighted by molar-refractivity contribution is 5.92. The van der Waals surface area contributed by atoms with Gasteiger partial charge in [0.25, 0.3) is 11.6 Å². The maximum absolute atomic E-state index is 12.2. The summed E-state index contributed by atoms with van der Waals surface area (Å²) in [7, 11) is 0. The van der Waals surface area contributed by atoms with Gasteiger partial charge < -0.3 is 10.1 Å². The summed E-state index contributed by atoms with van der Waals surface area (Å²) < 4.78 is 5.68. The number of amides is 1. The van der Waals surface area contributed by atoms with E-state index in [2.05, 4.69) is 5.32 Å². The molecule has 0 bridgehead atoms. The molecule has 0 spiro atoms. The lowest BCUT2D eigenvalue weighted by Crippen LogP contribution is -2.20. The van der Waals surface area contributed by atoms with Gasteiger partial charge in [-0.05, 0) is 24.6 Å². The van der Waals surface area contributed by atoms with Gasteiger partial charge in [0.1, 0.15) is 5.75 Å². The topological polar surface area (TPSA) is 81.5 Å². The fourth-order valence-electron chi connectivity index (χ4n) is 2.67. The first kappa shape index (κ1) is 18.1. The molecule has 3 aromatic rings. The molecule has 0 heterocycles. The maximum Gasteiger partial charge on any atom is 0.274 e. The van der Waals surface area contributed by atoms with Crippen LogP contribution in [0.4, 0.5) is 11.4 Å². The molecule has 1 N–H and O–H groups in total. The van der Waals surface area contributed by atoms with Crippen molar-refractivity contribution < 1.29 is 14.5 Å². The summed E-state index contributed by atoms with van der Waals surface area (Å²) in [6, 6.07) is 21.7. The van der Waals surface area contributed by atoms with Crippen molar-refractivity contribution in [2.24, 2.45) is 0 Å². The SMILES string of the molecule is Cc1ccc(NC(=O)COc2ccccc2-c2ccccc2)cc1[N+](=O)[O-]. The molecule has 0 saturated heterocycles. The fraction of sp³-hybridized carbons (Fsp3) is 0.0952. The number of nitrogens with zero attached hydrogens (tertiary/aromatic N) is 1. The number of hydrogen-bond donors (Lipinski definition) is 1. The van der Waals surface area contributed by atoms with Crippen molar-refractivity contribution in [3.05, 3.63) is 88.5 Å². The van der Waals surface area contributed by atoms with Crippen LogP contribution in [-0.4, -0.2) is 17.4 Å². The Morgan fingerprint density at radius 3 is 2.48 bits per heavy atom. The first-order chi connectivity index (χ1) is 13.0. The minimum Gasteiger partial charge on any atom is -0.483 e. The van der Waals surface area contributed by atoms with Crippen LogP contribution in [0.15, 0.2) is 72.8 Å². The lowest BCUT2D eigenvalue weighted by Gasteiger charge is -2.12. The molecule has 0 aliphatic heterocycles. The molecule has 0 aliphatic rings. The smallest absolute Gasteiger partial charge is 0.274 e. The summed E-state index contributed by atoms with van der Waals surface area (Å²) in [5.74, 6) is 0.199. The maximum atomic E-state index is 12.2. The number of nitrogens with one attached hydrogen (secondary N) is 1. The molecule has 0 aliphatic carbocycles. The lowest BCUT2D eigenvalue weighted by atomic mass is 10.1. The number of para-hydroxylation sites is 1. The van der Waals surface area contributed by atoms with Gasteiger partial charge in [0, 0.05) is 22.9 Å². The number of rotatable bonds is 6. The monoisotopic (exact) mass is 362 g/mol. The Morgan fingerprint density at radius 2 is 1.74 bits per heavy atom. The van der Waals surface area contributed by atoms with Gasteiger partial charge in [-0.3, -0.25) is 14.9 Å². The Morgan fingerprint density at radius 1 is 1.04 bits per heavy atom. The molecular formula is C21H18N2O4. The van der Waals surface area contributed by atoms with Crippen LogP contribution in [0, 0.1) is 17.0 Å². The standard InChI is InChI=1S/C21H18N2O4/c1-15-11-12-17(13-19(15)23(25)26)22-21(24)14-27-20-10-6-5-9-18(20)16-7-3-2-4-8-16/h2-13H,14H2,1H3,(H,22,24). The summed E-state index contributed by atoms with van der Waals surface area (Å²) in [5, 5.41) is 13.6. The van der Waals surface area contributed by atoms with E-state index in [1.807, 2.05) is 48.5 Å². The van der Waals surface area contributed by atoms with E-state index in [-0.39, 0.29) is 12.3 Å². The highest BCUT2D eigenvalue weighted by atomic mass is 16.6. The second-order valence-electron chi connectivity index (χ2n) is 5.96. The van der Waals surface area contributed by atoms with Gasteiger partial charge in [0.15, 0.2) is 6.61 Å². The molecule has 27 heavy (non-hydrogen) atoms. The number of carbonyl (C=O) groups is 1. The summed E-state index contributed by atoms with van der Waals surface area (Å²) in [6.07, 6.45) is 0. The van der Waals surface area contributed by atoms with Crippen LogP contribution in [0.5, 0.6) is 5.75 Å². The lowest BCUT2D eigenvalue weighted by molar-refractivity contribution is -0.385. The van der Waals surface area contributed by atoms with Crippen molar-refractivity contribution in [3.63, 3.8) is 0 Å². The number of benzene rings is 3. The Hall–Kier alpha value is -3.67. The average Bonchev–Trinajstić information content (AvgIpc) is 2.68. The van der Waals surface area contributed by atoms with Crippen molar-refractivity contribution in [3.8, 4) is 16.9 Å². The van der Waals surface area contributed by atoms with E-state index in [9.17, 15) is 14.9 Å². The average molecular weight is 362 g/mol. The van der Waals surface area contributed by atoms with Gasteiger partial charge in [-0.15, -0.1) is 0 Å². The van der Waals surface area contributed by atoms with Crippen LogP contribution >= 0.6 is 0 Å². The van der Waals surface area contributed by atoms with Crippen LogP contribution in [0.25, 0.3) is 11.1 Å². The predicted octanol–water partition coefficient (Wildman–Crippen LogP) is 4.59. The molecule has 0 atom stereocenters. The van der Waals surface area contributed by atoms with E-state index >= 15 is 0 Å². The van der Waals surface area contributed by atoms with E-state index in [0.717, 1.165) is 11.1 Å². The van der Waals surface area contributed by atoms with Gasteiger partial charge in [0.2, 0.25) is 0 Å². The second-order valence-corrected chi connectivity index (χ2v) is 5.96. The number of hydrogen-bond acceptors (Lipinski definition) is 4. The number of anilines is 1. The number of aryl methyl sites for hydroxylation is 1. The zero-order valence-electron chi connectivity index (χ0n) is 14.7. The Kier molecular flexibility index (Phi) is 5.47. The van der Waals surface area contributed by atoms with Crippen molar-refractivity contribution in [1.82, 2.24) is 0 Å². The minimum absolute atomic E-state index is 0.0388. The van der Waals surface area contributed by atoms with Gasteiger partial charge in [-0.25, -0.2) is 0 Å². The van der Waals surface area contributed by atoms with Crippen molar-refractivity contribution >= 4 is 17.3 Å².